The molecule has 0 N–H and O–H groups in total. The number of benzene rings is 1. The number of halogens is 2. The topological polar surface area (TPSA) is 38.7 Å². The smallest absolute Gasteiger partial charge is 0.192 e. The molecule has 13 heavy (non-hydrogen) atoms. The van der Waals surface area contributed by atoms with Crippen LogP contribution in [0.25, 0.3) is 0 Å². The van der Waals surface area contributed by atoms with Gasteiger partial charge in [-0.15, -0.1) is 4.91 Å². The SMILES string of the molecule is COc1ccc(Cl)c(C(Cl)N=O)c1. The molecule has 0 aliphatic carbocycles. The van der Waals surface area contributed by atoms with Crippen LogP contribution < -0.4 is 4.74 Å². The van der Waals surface area contributed by atoms with Crippen molar-refractivity contribution >= 4 is 23.2 Å². The van der Waals surface area contributed by atoms with Crippen LogP contribution in [-0.2, 0) is 0 Å². The third-order valence-corrected chi connectivity index (χ3v) is 2.21. The molecule has 1 rings (SSSR count). The molecule has 0 aromatic heterocycles. The number of alkyl halides is 1. The van der Waals surface area contributed by atoms with Gasteiger partial charge < -0.3 is 4.74 Å². The predicted molar refractivity (Wildman–Crippen MR) is 52.4 cm³/mol. The van der Waals surface area contributed by atoms with Gasteiger partial charge in [0.05, 0.1) is 7.11 Å². The first-order valence-corrected chi connectivity index (χ1v) is 4.30. The van der Waals surface area contributed by atoms with Crippen molar-refractivity contribution in [3.05, 3.63) is 33.7 Å². The van der Waals surface area contributed by atoms with E-state index in [4.69, 9.17) is 27.9 Å². The second-order valence-electron chi connectivity index (χ2n) is 2.33. The van der Waals surface area contributed by atoms with Crippen LogP contribution in [0, 0.1) is 4.91 Å². The van der Waals surface area contributed by atoms with E-state index in [2.05, 4.69) is 5.18 Å². The van der Waals surface area contributed by atoms with Crippen LogP contribution >= 0.6 is 23.2 Å². The molecule has 0 radical (unpaired) electrons. The maximum atomic E-state index is 10.2. The summed E-state index contributed by atoms with van der Waals surface area (Å²) < 4.78 is 4.94. The maximum absolute atomic E-state index is 10.2. The molecule has 0 bridgehead atoms. The summed E-state index contributed by atoms with van der Waals surface area (Å²) in [7, 11) is 1.52. The summed E-state index contributed by atoms with van der Waals surface area (Å²) in [6.07, 6.45) is 0. The number of ether oxygens (including phenoxy) is 1. The molecule has 1 aromatic carbocycles. The molecule has 1 atom stereocenters. The van der Waals surface area contributed by atoms with Crippen molar-refractivity contribution in [2.45, 2.75) is 5.50 Å². The second kappa shape index (κ2) is 4.44. The van der Waals surface area contributed by atoms with E-state index in [1.54, 1.807) is 18.2 Å². The lowest BCUT2D eigenvalue weighted by Gasteiger charge is -2.06. The van der Waals surface area contributed by atoms with Gasteiger partial charge in [0.15, 0.2) is 5.50 Å². The van der Waals surface area contributed by atoms with E-state index in [9.17, 15) is 4.91 Å². The minimum absolute atomic E-state index is 0.403. The molecular weight excluding hydrogens is 213 g/mol. The highest BCUT2D eigenvalue weighted by atomic mass is 35.5. The van der Waals surface area contributed by atoms with Gasteiger partial charge in [-0.1, -0.05) is 23.2 Å². The third-order valence-electron chi connectivity index (χ3n) is 1.55. The van der Waals surface area contributed by atoms with Gasteiger partial charge >= 0.3 is 0 Å². The van der Waals surface area contributed by atoms with E-state index < -0.39 is 5.50 Å². The highest BCUT2D eigenvalue weighted by molar-refractivity contribution is 6.32. The molecule has 0 aliphatic heterocycles. The lowest BCUT2D eigenvalue weighted by atomic mass is 10.2. The van der Waals surface area contributed by atoms with Crippen molar-refractivity contribution in [3.8, 4) is 5.75 Å². The molecule has 0 amide bonds. The van der Waals surface area contributed by atoms with E-state index >= 15 is 0 Å². The standard InChI is InChI=1S/C8H7Cl2NO2/c1-13-5-2-3-7(9)6(4-5)8(10)11-12/h2-4,8H,1H3. The van der Waals surface area contributed by atoms with Crippen LogP contribution in [0.3, 0.4) is 0 Å². The maximum Gasteiger partial charge on any atom is 0.192 e. The van der Waals surface area contributed by atoms with Gasteiger partial charge in [0.2, 0.25) is 0 Å². The monoisotopic (exact) mass is 219 g/mol. The first-order valence-electron chi connectivity index (χ1n) is 3.49. The minimum Gasteiger partial charge on any atom is -0.497 e. The molecular formula is C8H7Cl2NO2. The van der Waals surface area contributed by atoms with Gasteiger partial charge in [0, 0.05) is 10.6 Å². The quantitative estimate of drug-likeness (QED) is 0.445. The van der Waals surface area contributed by atoms with Crippen molar-refractivity contribution in [1.29, 1.82) is 0 Å². The fraction of sp³-hybridized carbons (Fsp3) is 0.250. The Morgan fingerprint density at radius 1 is 1.54 bits per heavy atom. The molecule has 3 nitrogen and oxygen atoms in total. The van der Waals surface area contributed by atoms with Crippen LogP contribution in [0.4, 0.5) is 0 Å². The van der Waals surface area contributed by atoms with E-state index in [-0.39, 0.29) is 0 Å². The summed E-state index contributed by atoms with van der Waals surface area (Å²) >= 11 is 11.4. The second-order valence-corrected chi connectivity index (χ2v) is 3.15. The zero-order valence-electron chi connectivity index (χ0n) is 6.83. The Kier molecular flexibility index (Phi) is 3.51. The zero-order valence-corrected chi connectivity index (χ0v) is 8.34. The highest BCUT2D eigenvalue weighted by Gasteiger charge is 2.12. The molecule has 70 valence electrons. The summed E-state index contributed by atoms with van der Waals surface area (Å²) in [6, 6.07) is 4.87. The molecule has 1 unspecified atom stereocenters. The first kappa shape index (κ1) is 10.3. The molecule has 0 saturated carbocycles. The average molecular weight is 220 g/mol. The molecule has 0 spiro atoms. The number of hydrogen-bond donors (Lipinski definition) is 0. The Morgan fingerprint density at radius 2 is 2.23 bits per heavy atom. The van der Waals surface area contributed by atoms with E-state index in [0.717, 1.165) is 0 Å². The van der Waals surface area contributed by atoms with Gasteiger partial charge in [-0.3, -0.25) is 0 Å². The number of hydrogen-bond acceptors (Lipinski definition) is 3. The van der Waals surface area contributed by atoms with Crippen molar-refractivity contribution < 1.29 is 4.74 Å². The van der Waals surface area contributed by atoms with Gasteiger partial charge in [-0.2, -0.15) is 0 Å². The number of methoxy groups -OCH3 is 1. The van der Waals surface area contributed by atoms with Gasteiger partial charge in [0.25, 0.3) is 0 Å². The largest absolute Gasteiger partial charge is 0.497 e. The molecule has 0 fully saturated rings. The number of nitrogens with zero attached hydrogens (tertiary/aromatic N) is 1. The Morgan fingerprint density at radius 3 is 2.77 bits per heavy atom. The summed E-state index contributed by atoms with van der Waals surface area (Å²) in [4.78, 5) is 10.2. The van der Waals surface area contributed by atoms with Crippen molar-refractivity contribution in [3.63, 3.8) is 0 Å². The summed E-state index contributed by atoms with van der Waals surface area (Å²) in [6.45, 7) is 0. The molecule has 5 heteroatoms. The Labute approximate surface area is 85.6 Å². The summed E-state index contributed by atoms with van der Waals surface area (Å²) in [5, 5.41) is 3.07. The Hall–Kier alpha value is -0.800. The zero-order chi connectivity index (χ0) is 9.84. The number of nitroso groups, excluding NO2 is 1. The summed E-state index contributed by atoms with van der Waals surface area (Å²) in [5.41, 5.74) is -0.514. The fourth-order valence-electron chi connectivity index (χ4n) is 0.888. The highest BCUT2D eigenvalue weighted by Crippen LogP contribution is 2.31. The lowest BCUT2D eigenvalue weighted by Crippen LogP contribution is -1.90. The van der Waals surface area contributed by atoms with Crippen LogP contribution in [0.5, 0.6) is 5.75 Å². The molecule has 0 aliphatic rings. The Bertz CT molecular complexity index is 317. The Balaban J connectivity index is 3.10. The summed E-state index contributed by atoms with van der Waals surface area (Å²) in [5.74, 6) is 0.591. The van der Waals surface area contributed by atoms with Crippen LogP contribution in [0.15, 0.2) is 23.4 Å². The average Bonchev–Trinajstić information content (AvgIpc) is 2.17. The van der Waals surface area contributed by atoms with Crippen LogP contribution in [0.2, 0.25) is 5.02 Å². The number of rotatable bonds is 3. The van der Waals surface area contributed by atoms with E-state index in [1.807, 2.05) is 0 Å². The van der Waals surface area contributed by atoms with Crippen molar-refractivity contribution in [1.82, 2.24) is 0 Å². The van der Waals surface area contributed by atoms with Crippen LogP contribution in [0.1, 0.15) is 11.1 Å². The predicted octanol–water partition coefficient (Wildman–Crippen LogP) is 3.35. The third kappa shape index (κ3) is 2.32. The lowest BCUT2D eigenvalue weighted by molar-refractivity contribution is 0.414. The molecule has 0 saturated heterocycles. The molecule has 1 aromatic rings. The van der Waals surface area contributed by atoms with Gasteiger partial charge in [0.1, 0.15) is 5.75 Å². The van der Waals surface area contributed by atoms with Crippen molar-refractivity contribution in [2.75, 3.05) is 7.11 Å². The molecule has 0 heterocycles. The van der Waals surface area contributed by atoms with Gasteiger partial charge in [-0.05, 0) is 23.4 Å². The van der Waals surface area contributed by atoms with E-state index in [1.165, 1.54) is 7.11 Å². The van der Waals surface area contributed by atoms with Crippen molar-refractivity contribution in [2.24, 2.45) is 5.18 Å². The minimum atomic E-state index is -0.970. The fourth-order valence-corrected chi connectivity index (χ4v) is 1.35. The normalized spacial score (nSPS) is 12.2. The first-order chi connectivity index (χ1) is 6.19. The van der Waals surface area contributed by atoms with Crippen LogP contribution in [-0.4, -0.2) is 7.11 Å². The van der Waals surface area contributed by atoms with E-state index in [0.29, 0.717) is 16.3 Å². The van der Waals surface area contributed by atoms with Gasteiger partial charge in [-0.25, -0.2) is 0 Å².